The molecule has 4 heterocycles. The highest BCUT2D eigenvalue weighted by Gasteiger charge is 2.48. The first kappa shape index (κ1) is 36.6. The van der Waals surface area contributed by atoms with Crippen LogP contribution in [0.3, 0.4) is 0 Å². The smallest absolute Gasteiger partial charge is 0.333 e. The van der Waals surface area contributed by atoms with Crippen LogP contribution >= 0.6 is 11.3 Å². The van der Waals surface area contributed by atoms with E-state index in [4.69, 9.17) is 0 Å². The van der Waals surface area contributed by atoms with Crippen molar-refractivity contribution in [1.82, 2.24) is 4.57 Å². The van der Waals surface area contributed by atoms with Gasteiger partial charge in [-0.05, 0) is 165 Å². The topological polar surface area (TPSA) is 8.17 Å². The first-order chi connectivity index (χ1) is 32.4. The maximum atomic E-state index is 2.75. The van der Waals surface area contributed by atoms with Crippen LogP contribution in [-0.2, 0) is 10.8 Å². The number of hydrogen-bond acceptors (Lipinski definition) is 2. The summed E-state index contributed by atoms with van der Waals surface area (Å²) in [6, 6.07) is 59.2. The van der Waals surface area contributed by atoms with Crippen molar-refractivity contribution in [1.29, 1.82) is 0 Å². The third-order valence-electron chi connectivity index (χ3n) is 17.4. The van der Waals surface area contributed by atoms with E-state index in [9.17, 15) is 0 Å². The van der Waals surface area contributed by atoms with Crippen LogP contribution < -0.4 is 15.7 Å². The van der Waals surface area contributed by atoms with E-state index in [1.807, 2.05) is 11.3 Å². The van der Waals surface area contributed by atoms with Gasteiger partial charge < -0.3 is 9.38 Å². The highest BCUT2D eigenvalue weighted by molar-refractivity contribution is 7.25. The molecule has 2 fully saturated rings. The van der Waals surface area contributed by atoms with Crippen LogP contribution in [0.4, 0.5) is 11.4 Å². The van der Waals surface area contributed by atoms with Crippen molar-refractivity contribution in [3.63, 3.8) is 0 Å². The molecule has 4 heteroatoms. The molecule has 4 aliphatic carbocycles. The molecule has 0 bridgehead atoms. The number of aromatic nitrogens is 1. The molecule has 314 valence electrons. The summed E-state index contributed by atoms with van der Waals surface area (Å²) >= 11 is 1.93. The van der Waals surface area contributed by atoms with E-state index in [1.54, 1.807) is 11.1 Å². The van der Waals surface area contributed by atoms with Crippen molar-refractivity contribution in [2.75, 3.05) is 4.81 Å². The molecule has 10 aromatic rings. The molecule has 2 aromatic heterocycles. The number of fused-ring (bicyclic) bond motifs is 14. The maximum absolute atomic E-state index is 2.75. The SMILES string of the molecule is CC1(c2ccc3c(c2)c2cc(C4(C)CC=C5CC5C4)cc4c2n3-c2cc3ccccc3c3c2B4N(c2ccc(-c4ccccc4)cc2)c2cc4sc5ccccc5c4cc2-3)CC=C2CC2C1. The molecule has 8 aromatic carbocycles. The van der Waals surface area contributed by atoms with E-state index in [0.717, 1.165) is 24.7 Å². The first-order valence-electron chi connectivity index (χ1n) is 24.3. The number of hydrogen-bond donors (Lipinski definition) is 0. The van der Waals surface area contributed by atoms with Crippen molar-refractivity contribution >= 4 is 93.2 Å². The van der Waals surface area contributed by atoms with Crippen LogP contribution in [0.2, 0.25) is 0 Å². The molecule has 2 aliphatic heterocycles. The zero-order chi connectivity index (χ0) is 43.2. The highest BCUT2D eigenvalue weighted by atomic mass is 32.1. The van der Waals surface area contributed by atoms with Gasteiger partial charge in [0.25, 0.3) is 0 Å². The van der Waals surface area contributed by atoms with Gasteiger partial charge >= 0.3 is 6.85 Å². The summed E-state index contributed by atoms with van der Waals surface area (Å²) in [5.74, 6) is 1.51. The second-order valence-electron chi connectivity index (χ2n) is 21.4. The third kappa shape index (κ3) is 4.93. The van der Waals surface area contributed by atoms with Crippen LogP contribution in [0.15, 0.2) is 175 Å². The molecule has 4 atom stereocenters. The summed E-state index contributed by atoms with van der Waals surface area (Å²) in [5, 5.41) is 8.13. The average Bonchev–Trinajstić information content (AvgIpc) is 4.25. The van der Waals surface area contributed by atoms with Gasteiger partial charge in [0.15, 0.2) is 0 Å². The minimum atomic E-state index is -0.0475. The standard InChI is InChI=1S/C62H47BN2S/c1-61(24-22-38-26-41(38)34-61)43-18-21-53-48(29-43)50-30-44(62(2)25-23-39-27-42(39)35-62)31-52-60(50)64(53)55-28-40-12-6-7-13-46(40)58-51-32-49-47-14-8-9-15-56(47)66-57(49)33-54(51)65(63(52)59(55)58)45-19-16-37(17-20-45)36-10-4-3-5-11-36/h3-23,28-33,41-42H,24-27,34-35H2,1-2H3. The molecular weight excluding hydrogens is 816 g/mol. The quantitative estimate of drug-likeness (QED) is 0.126. The Morgan fingerprint density at radius 2 is 1.26 bits per heavy atom. The lowest BCUT2D eigenvalue weighted by atomic mass is 9.43. The Hall–Kier alpha value is -6.62. The largest absolute Gasteiger partial charge is 0.376 e. The second-order valence-corrected chi connectivity index (χ2v) is 22.5. The van der Waals surface area contributed by atoms with E-state index in [0.29, 0.717) is 0 Å². The van der Waals surface area contributed by atoms with E-state index < -0.39 is 0 Å². The van der Waals surface area contributed by atoms with Gasteiger partial charge in [0.2, 0.25) is 0 Å². The molecule has 0 N–H and O–H groups in total. The van der Waals surface area contributed by atoms with Crippen LogP contribution in [-0.4, -0.2) is 11.4 Å². The lowest BCUT2D eigenvalue weighted by Crippen LogP contribution is -2.61. The molecule has 0 saturated heterocycles. The molecule has 16 rings (SSSR count). The third-order valence-corrected chi connectivity index (χ3v) is 18.5. The molecule has 6 aliphatic rings. The molecule has 66 heavy (non-hydrogen) atoms. The van der Waals surface area contributed by atoms with Crippen molar-refractivity contribution in [3.8, 4) is 27.9 Å². The maximum Gasteiger partial charge on any atom is 0.333 e. The second kappa shape index (κ2) is 12.6. The van der Waals surface area contributed by atoms with Crippen LogP contribution in [0.5, 0.6) is 0 Å². The zero-order valence-corrected chi connectivity index (χ0v) is 38.2. The predicted molar refractivity (Wildman–Crippen MR) is 281 cm³/mol. The van der Waals surface area contributed by atoms with Gasteiger partial charge in [0.05, 0.1) is 11.0 Å². The monoisotopic (exact) mass is 862 g/mol. The summed E-state index contributed by atoms with van der Waals surface area (Å²) in [6.45, 7) is 5.06. The number of thiophene rings is 1. The van der Waals surface area contributed by atoms with Crippen molar-refractivity contribution in [2.45, 2.75) is 63.2 Å². The van der Waals surface area contributed by atoms with Gasteiger partial charge in [-0.1, -0.05) is 134 Å². The number of allylic oxidation sites excluding steroid dienone is 4. The lowest BCUT2D eigenvalue weighted by molar-refractivity contribution is 0.407. The van der Waals surface area contributed by atoms with E-state index in [-0.39, 0.29) is 17.7 Å². The number of benzene rings is 8. The van der Waals surface area contributed by atoms with Gasteiger partial charge in [-0.25, -0.2) is 0 Å². The van der Waals surface area contributed by atoms with Crippen LogP contribution in [0.1, 0.15) is 63.5 Å². The normalized spacial score (nSPS) is 23.2. The lowest BCUT2D eigenvalue weighted by Gasteiger charge is -2.43. The number of rotatable bonds is 4. The summed E-state index contributed by atoms with van der Waals surface area (Å²) in [5.41, 5.74) is 21.2. The van der Waals surface area contributed by atoms with Gasteiger partial charge in [-0.15, -0.1) is 11.3 Å². The predicted octanol–water partition coefficient (Wildman–Crippen LogP) is 15.2. The average molecular weight is 863 g/mol. The fourth-order valence-corrected chi connectivity index (χ4v) is 14.8. The van der Waals surface area contributed by atoms with Crippen molar-refractivity contribution in [2.24, 2.45) is 11.8 Å². The molecule has 0 amide bonds. The van der Waals surface area contributed by atoms with E-state index >= 15 is 0 Å². The van der Waals surface area contributed by atoms with Crippen LogP contribution in [0, 0.1) is 11.8 Å². The van der Waals surface area contributed by atoms with Gasteiger partial charge in [0, 0.05) is 53.6 Å². The summed E-state index contributed by atoms with van der Waals surface area (Å²) < 4.78 is 5.39. The zero-order valence-electron chi connectivity index (χ0n) is 37.4. The molecular formula is C62H47BN2S. The van der Waals surface area contributed by atoms with E-state index in [1.165, 1.54) is 140 Å². The molecule has 2 nitrogen and oxygen atoms in total. The van der Waals surface area contributed by atoms with E-state index in [2.05, 4.69) is 187 Å². The number of anilines is 2. The highest BCUT2D eigenvalue weighted by Crippen LogP contribution is 2.56. The van der Waals surface area contributed by atoms with Gasteiger partial charge in [-0.2, -0.15) is 0 Å². The van der Waals surface area contributed by atoms with Gasteiger partial charge in [0.1, 0.15) is 0 Å². The Labute approximate surface area is 389 Å². The Bertz CT molecular complexity index is 3890. The fourth-order valence-electron chi connectivity index (χ4n) is 13.7. The Balaban J connectivity index is 1.04. The Kier molecular flexibility index (Phi) is 7.00. The van der Waals surface area contributed by atoms with Gasteiger partial charge in [-0.3, -0.25) is 0 Å². The molecule has 0 spiro atoms. The first-order valence-corrected chi connectivity index (χ1v) is 25.2. The minimum absolute atomic E-state index is 0.0475. The molecule has 0 radical (unpaired) electrons. The van der Waals surface area contributed by atoms with Crippen molar-refractivity contribution in [3.05, 3.63) is 186 Å². The summed E-state index contributed by atoms with van der Waals surface area (Å²) in [7, 11) is 0. The summed E-state index contributed by atoms with van der Waals surface area (Å²) in [4.78, 5) is 2.75. The fraction of sp³-hybridized carbons (Fsp3) is 0.194. The molecule has 4 unspecified atom stereocenters. The van der Waals surface area contributed by atoms with Crippen LogP contribution in [0.25, 0.3) is 80.7 Å². The minimum Gasteiger partial charge on any atom is -0.376 e. The molecule has 2 saturated carbocycles. The number of nitrogens with zero attached hydrogens (tertiary/aromatic N) is 2. The van der Waals surface area contributed by atoms with Crippen molar-refractivity contribution < 1.29 is 0 Å². The Morgan fingerprint density at radius 1 is 0.561 bits per heavy atom. The Morgan fingerprint density at radius 3 is 2.05 bits per heavy atom. The summed E-state index contributed by atoms with van der Waals surface area (Å²) in [6.07, 6.45) is 12.5.